The van der Waals surface area contributed by atoms with Gasteiger partial charge in [-0.2, -0.15) is 0 Å². The van der Waals surface area contributed by atoms with Crippen molar-refractivity contribution in [2.24, 2.45) is 0 Å². The number of hydrogen-bond donors (Lipinski definition) is 1. The number of carbonyl (C=O) groups is 2. The first kappa shape index (κ1) is 32.8. The third-order valence-corrected chi connectivity index (χ3v) is 10.2. The Kier molecular flexibility index (Phi) is 10.8. The van der Waals surface area contributed by atoms with Crippen LogP contribution in [0.2, 0.25) is 0 Å². The van der Waals surface area contributed by atoms with E-state index in [9.17, 15) is 18.0 Å². The molecule has 1 N–H and O–H groups in total. The predicted molar refractivity (Wildman–Crippen MR) is 180 cm³/mol. The molecule has 46 heavy (non-hydrogen) atoms. The summed E-state index contributed by atoms with van der Waals surface area (Å²) in [7, 11) is -2.57. The van der Waals surface area contributed by atoms with E-state index < -0.39 is 28.5 Å². The number of nitrogens with zero attached hydrogens (tertiary/aromatic N) is 2. The number of para-hydroxylation sites is 1. The molecule has 1 saturated carbocycles. The summed E-state index contributed by atoms with van der Waals surface area (Å²) in [6.45, 7) is 1.40. The van der Waals surface area contributed by atoms with Gasteiger partial charge in [-0.3, -0.25) is 13.9 Å². The van der Waals surface area contributed by atoms with Gasteiger partial charge in [0.1, 0.15) is 18.3 Å². The first-order valence-corrected chi connectivity index (χ1v) is 17.1. The molecule has 0 bridgehead atoms. The maximum Gasteiger partial charge on any atom is 0.264 e. The lowest BCUT2D eigenvalue weighted by Crippen LogP contribution is -2.54. The van der Waals surface area contributed by atoms with Crippen LogP contribution < -0.4 is 14.4 Å². The van der Waals surface area contributed by atoms with Gasteiger partial charge in [0.25, 0.3) is 10.0 Å². The van der Waals surface area contributed by atoms with Crippen molar-refractivity contribution in [3.05, 3.63) is 126 Å². The average Bonchev–Trinajstić information content (AvgIpc) is 3.59. The van der Waals surface area contributed by atoms with Gasteiger partial charge in [0, 0.05) is 19.0 Å². The molecule has 0 radical (unpaired) electrons. The van der Waals surface area contributed by atoms with Gasteiger partial charge in [0.15, 0.2) is 0 Å². The van der Waals surface area contributed by atoms with Gasteiger partial charge in [-0.15, -0.1) is 0 Å². The maximum atomic E-state index is 14.7. The largest absolute Gasteiger partial charge is 0.497 e. The molecule has 240 valence electrons. The van der Waals surface area contributed by atoms with Crippen molar-refractivity contribution >= 4 is 27.5 Å². The van der Waals surface area contributed by atoms with Gasteiger partial charge in [-0.25, -0.2) is 8.42 Å². The molecule has 1 atom stereocenters. The van der Waals surface area contributed by atoms with Crippen LogP contribution >= 0.6 is 0 Å². The summed E-state index contributed by atoms with van der Waals surface area (Å²) < 4.78 is 34.9. The van der Waals surface area contributed by atoms with Crippen molar-refractivity contribution in [1.82, 2.24) is 10.2 Å². The fraction of sp³-hybridized carbons (Fsp3) is 0.297. The number of anilines is 1. The minimum atomic E-state index is -4.15. The van der Waals surface area contributed by atoms with Crippen molar-refractivity contribution in [2.45, 2.75) is 62.6 Å². The number of aryl methyl sites for hydroxylation is 1. The lowest BCUT2D eigenvalue weighted by molar-refractivity contribution is -0.140. The van der Waals surface area contributed by atoms with E-state index in [2.05, 4.69) is 5.32 Å². The van der Waals surface area contributed by atoms with Crippen LogP contribution in [0.3, 0.4) is 0 Å². The smallest absolute Gasteiger partial charge is 0.264 e. The molecule has 8 nitrogen and oxygen atoms in total. The van der Waals surface area contributed by atoms with Crippen LogP contribution in [0.15, 0.2) is 114 Å². The predicted octanol–water partition coefficient (Wildman–Crippen LogP) is 5.90. The fourth-order valence-corrected chi connectivity index (χ4v) is 7.47. The Morgan fingerprint density at radius 3 is 2.15 bits per heavy atom. The lowest BCUT2D eigenvalue weighted by atomic mass is 10.0. The number of amides is 2. The number of hydrogen-bond acceptors (Lipinski definition) is 5. The van der Waals surface area contributed by atoms with E-state index in [0.29, 0.717) is 17.0 Å². The molecule has 4 aromatic carbocycles. The molecule has 1 unspecified atom stereocenters. The first-order chi connectivity index (χ1) is 22.3. The Morgan fingerprint density at radius 2 is 1.48 bits per heavy atom. The zero-order valence-electron chi connectivity index (χ0n) is 26.3. The zero-order chi connectivity index (χ0) is 32.5. The summed E-state index contributed by atoms with van der Waals surface area (Å²) in [5.41, 5.74) is 2.75. The van der Waals surface area contributed by atoms with Crippen LogP contribution in [0.1, 0.15) is 42.4 Å². The SMILES string of the molecule is COc1cccc(CN(C(=O)CN(c2ccccc2C)S(=O)(=O)c2ccccc2)C(Cc2ccccc2)C(=O)NC2CCCC2)c1. The minimum absolute atomic E-state index is 0.0430. The van der Waals surface area contributed by atoms with Crippen LogP contribution in [-0.2, 0) is 32.6 Å². The van der Waals surface area contributed by atoms with E-state index in [4.69, 9.17) is 4.74 Å². The summed E-state index contributed by atoms with van der Waals surface area (Å²) in [6, 6.07) is 31.3. The fourth-order valence-electron chi connectivity index (χ4n) is 5.97. The Hall–Kier alpha value is -4.63. The molecule has 4 aromatic rings. The normalized spacial score (nSPS) is 14.0. The number of methoxy groups -OCH3 is 1. The van der Waals surface area contributed by atoms with Crippen molar-refractivity contribution in [3.8, 4) is 5.75 Å². The maximum absolute atomic E-state index is 14.7. The number of ether oxygens (including phenoxy) is 1. The van der Waals surface area contributed by atoms with Crippen LogP contribution in [0.5, 0.6) is 5.75 Å². The minimum Gasteiger partial charge on any atom is -0.497 e. The highest BCUT2D eigenvalue weighted by molar-refractivity contribution is 7.92. The molecule has 0 aliphatic heterocycles. The molecule has 0 heterocycles. The number of sulfonamides is 1. The van der Waals surface area contributed by atoms with Crippen molar-refractivity contribution in [2.75, 3.05) is 18.0 Å². The molecule has 0 aromatic heterocycles. The standard InChI is InChI=1S/C37H41N3O5S/c1-28-14-9-12-23-34(28)40(46(43,44)33-21-7-4-8-22-33)27-36(41)39(26-30-17-13-20-32(24-30)45-2)35(25-29-15-5-3-6-16-29)37(42)38-31-18-10-11-19-31/h3-9,12-17,20-24,31,35H,10-11,18-19,25-27H2,1-2H3,(H,38,42). The number of nitrogens with one attached hydrogen (secondary N) is 1. The number of benzene rings is 4. The second kappa shape index (κ2) is 15.1. The van der Waals surface area contributed by atoms with Crippen LogP contribution in [0.4, 0.5) is 5.69 Å². The van der Waals surface area contributed by atoms with Gasteiger partial charge in [-0.05, 0) is 66.8 Å². The summed E-state index contributed by atoms with van der Waals surface area (Å²) in [4.78, 5) is 30.4. The lowest BCUT2D eigenvalue weighted by Gasteiger charge is -2.34. The van der Waals surface area contributed by atoms with Crippen molar-refractivity contribution in [1.29, 1.82) is 0 Å². The van der Waals surface area contributed by atoms with E-state index in [1.807, 2.05) is 73.7 Å². The van der Waals surface area contributed by atoms with Gasteiger partial charge >= 0.3 is 0 Å². The van der Waals surface area contributed by atoms with Gasteiger partial charge in [0.05, 0.1) is 17.7 Å². The second-order valence-corrected chi connectivity index (χ2v) is 13.5. The van der Waals surface area contributed by atoms with Crippen molar-refractivity contribution < 1.29 is 22.7 Å². The highest BCUT2D eigenvalue weighted by Crippen LogP contribution is 2.28. The second-order valence-electron chi connectivity index (χ2n) is 11.7. The molecule has 1 aliphatic carbocycles. The topological polar surface area (TPSA) is 96.0 Å². The highest BCUT2D eigenvalue weighted by atomic mass is 32.2. The first-order valence-electron chi connectivity index (χ1n) is 15.7. The Balaban J connectivity index is 1.58. The van der Waals surface area contributed by atoms with E-state index in [-0.39, 0.29) is 29.8 Å². The van der Waals surface area contributed by atoms with E-state index in [0.717, 1.165) is 41.1 Å². The number of carbonyl (C=O) groups excluding carboxylic acids is 2. The van der Waals surface area contributed by atoms with Crippen molar-refractivity contribution in [3.63, 3.8) is 0 Å². The molecule has 1 aliphatic rings. The monoisotopic (exact) mass is 639 g/mol. The quantitative estimate of drug-likeness (QED) is 0.197. The van der Waals surface area contributed by atoms with E-state index in [1.165, 1.54) is 17.0 Å². The molecule has 9 heteroatoms. The Bertz CT molecular complexity index is 1720. The van der Waals surface area contributed by atoms with Crippen LogP contribution in [0.25, 0.3) is 0 Å². The molecule has 0 spiro atoms. The summed E-state index contributed by atoms with van der Waals surface area (Å²) in [5.74, 6) is -0.124. The third-order valence-electron chi connectivity index (χ3n) is 8.45. The van der Waals surface area contributed by atoms with E-state index in [1.54, 1.807) is 37.4 Å². The molecule has 5 rings (SSSR count). The van der Waals surface area contributed by atoms with Crippen LogP contribution in [-0.4, -0.2) is 50.9 Å². The Morgan fingerprint density at radius 1 is 0.848 bits per heavy atom. The average molecular weight is 640 g/mol. The van der Waals surface area contributed by atoms with Gasteiger partial charge in [-0.1, -0.05) is 91.7 Å². The molecular weight excluding hydrogens is 598 g/mol. The zero-order valence-corrected chi connectivity index (χ0v) is 27.2. The Labute approximate surface area is 272 Å². The molecule has 1 fully saturated rings. The van der Waals surface area contributed by atoms with E-state index >= 15 is 0 Å². The molecule has 2 amide bonds. The summed E-state index contributed by atoms with van der Waals surface area (Å²) >= 11 is 0. The molecular formula is C37H41N3O5S. The third kappa shape index (κ3) is 7.95. The molecule has 0 saturated heterocycles. The summed E-state index contributed by atoms with van der Waals surface area (Å²) in [5, 5.41) is 3.20. The van der Waals surface area contributed by atoms with Gasteiger partial charge < -0.3 is 15.0 Å². The van der Waals surface area contributed by atoms with Crippen LogP contribution in [0, 0.1) is 6.92 Å². The highest BCUT2D eigenvalue weighted by Gasteiger charge is 2.36. The number of rotatable bonds is 13. The van der Waals surface area contributed by atoms with Gasteiger partial charge in [0.2, 0.25) is 11.8 Å². The summed E-state index contributed by atoms with van der Waals surface area (Å²) in [6.07, 6.45) is 4.14.